The normalized spacial score (nSPS) is 11.6. The summed E-state index contributed by atoms with van der Waals surface area (Å²) in [6.07, 6.45) is -1.55. The molecule has 0 saturated carbocycles. The van der Waals surface area contributed by atoms with Crippen LogP contribution in [0, 0.1) is 0 Å². The largest absolute Gasteiger partial charge is 0.479 e. The zero-order valence-electron chi connectivity index (χ0n) is 8.32. The quantitative estimate of drug-likeness (QED) is 0.414. The van der Waals surface area contributed by atoms with Gasteiger partial charge in [-0.1, -0.05) is 0 Å². The Morgan fingerprint density at radius 2 is 1.87 bits per heavy atom. The number of carboxylic acids is 1. The van der Waals surface area contributed by atoms with Crippen molar-refractivity contribution in [3.8, 4) is 0 Å². The smallest absolute Gasteiger partial charge is 0.332 e. The third-order valence-corrected chi connectivity index (χ3v) is 1.52. The summed E-state index contributed by atoms with van der Waals surface area (Å²) in [6, 6.07) is 0. The second-order valence-electron chi connectivity index (χ2n) is 2.90. The molecule has 0 rings (SSSR count). The minimum atomic E-state index is -1.48. The second-order valence-corrected chi connectivity index (χ2v) is 2.90. The molecule has 0 aliphatic carbocycles. The van der Waals surface area contributed by atoms with Crippen molar-refractivity contribution >= 4 is 17.8 Å². The summed E-state index contributed by atoms with van der Waals surface area (Å²) in [4.78, 5) is 31.5. The summed E-state index contributed by atoms with van der Waals surface area (Å²) >= 11 is 0. The van der Waals surface area contributed by atoms with Crippen molar-refractivity contribution < 1.29 is 24.6 Å². The fraction of sp³-hybridized carbons (Fsp3) is 0.625. The van der Waals surface area contributed by atoms with Crippen LogP contribution in [0.1, 0.15) is 13.3 Å². The molecule has 0 radical (unpaired) electrons. The van der Waals surface area contributed by atoms with Crippen LogP contribution >= 0.6 is 0 Å². The predicted molar refractivity (Wildman–Crippen MR) is 50.0 cm³/mol. The molecule has 0 heterocycles. The van der Waals surface area contributed by atoms with Crippen LogP contribution in [0.4, 0.5) is 0 Å². The first-order chi connectivity index (χ1) is 6.93. The highest BCUT2D eigenvalue weighted by molar-refractivity contribution is 5.83. The standard InChI is InChI=1S/C8H14N2O5/c1-5(11)10-4-7(13)9-3-2-6(12)8(14)15/h6,12H,2-4H2,1H3,(H,9,13)(H,10,11)(H,14,15)/t6-/m0/s1. The first-order valence-corrected chi connectivity index (χ1v) is 4.35. The Hall–Kier alpha value is -1.63. The first-order valence-electron chi connectivity index (χ1n) is 4.35. The van der Waals surface area contributed by atoms with Gasteiger partial charge in [-0.25, -0.2) is 4.79 Å². The summed E-state index contributed by atoms with van der Waals surface area (Å²) in [7, 11) is 0. The highest BCUT2D eigenvalue weighted by Crippen LogP contribution is 1.88. The molecule has 86 valence electrons. The molecule has 0 bridgehead atoms. The predicted octanol–water partition coefficient (Wildman–Crippen LogP) is -1.93. The van der Waals surface area contributed by atoms with Crippen molar-refractivity contribution in [3.63, 3.8) is 0 Å². The number of aliphatic carboxylic acids is 1. The Labute approximate surface area is 86.5 Å². The van der Waals surface area contributed by atoms with Gasteiger partial charge in [0.25, 0.3) is 0 Å². The molecule has 0 aliphatic heterocycles. The molecule has 0 spiro atoms. The number of carbonyl (C=O) groups excluding carboxylic acids is 2. The maximum atomic E-state index is 10.9. The van der Waals surface area contributed by atoms with Gasteiger partial charge in [0.2, 0.25) is 11.8 Å². The van der Waals surface area contributed by atoms with Crippen LogP contribution in [-0.4, -0.2) is 47.2 Å². The van der Waals surface area contributed by atoms with Gasteiger partial charge in [-0.3, -0.25) is 9.59 Å². The van der Waals surface area contributed by atoms with E-state index in [1.807, 2.05) is 0 Å². The monoisotopic (exact) mass is 218 g/mol. The van der Waals surface area contributed by atoms with Gasteiger partial charge < -0.3 is 20.8 Å². The molecule has 0 saturated heterocycles. The zero-order chi connectivity index (χ0) is 11.8. The summed E-state index contributed by atoms with van der Waals surface area (Å²) < 4.78 is 0. The topological polar surface area (TPSA) is 116 Å². The van der Waals surface area contributed by atoms with Gasteiger partial charge in [0.05, 0.1) is 6.54 Å². The van der Waals surface area contributed by atoms with Crippen molar-refractivity contribution in [1.29, 1.82) is 0 Å². The van der Waals surface area contributed by atoms with E-state index in [-0.39, 0.29) is 25.4 Å². The molecule has 4 N–H and O–H groups in total. The van der Waals surface area contributed by atoms with Crippen LogP contribution < -0.4 is 10.6 Å². The number of carbonyl (C=O) groups is 3. The Morgan fingerprint density at radius 1 is 1.27 bits per heavy atom. The van der Waals surface area contributed by atoms with E-state index in [9.17, 15) is 14.4 Å². The third-order valence-electron chi connectivity index (χ3n) is 1.52. The van der Waals surface area contributed by atoms with Crippen LogP contribution in [0.2, 0.25) is 0 Å². The van der Waals surface area contributed by atoms with Gasteiger partial charge >= 0.3 is 5.97 Å². The van der Waals surface area contributed by atoms with Crippen LogP contribution in [0.3, 0.4) is 0 Å². The lowest BCUT2D eigenvalue weighted by atomic mass is 10.2. The number of aliphatic hydroxyl groups excluding tert-OH is 1. The Morgan fingerprint density at radius 3 is 2.33 bits per heavy atom. The van der Waals surface area contributed by atoms with Crippen LogP contribution in [0.25, 0.3) is 0 Å². The Kier molecular flexibility index (Phi) is 6.03. The molecule has 7 nitrogen and oxygen atoms in total. The van der Waals surface area contributed by atoms with Crippen LogP contribution in [0.5, 0.6) is 0 Å². The van der Waals surface area contributed by atoms with Crippen molar-refractivity contribution in [3.05, 3.63) is 0 Å². The van der Waals surface area contributed by atoms with Gasteiger partial charge in [-0.15, -0.1) is 0 Å². The summed E-state index contributed by atoms with van der Waals surface area (Å²) in [5, 5.41) is 21.8. The molecule has 0 aliphatic rings. The molecule has 0 fully saturated rings. The molecule has 15 heavy (non-hydrogen) atoms. The molecule has 0 unspecified atom stereocenters. The highest BCUT2D eigenvalue weighted by atomic mass is 16.4. The fourth-order valence-electron chi connectivity index (χ4n) is 0.739. The van der Waals surface area contributed by atoms with E-state index in [1.165, 1.54) is 6.92 Å². The average molecular weight is 218 g/mol. The highest BCUT2D eigenvalue weighted by Gasteiger charge is 2.12. The number of hydrogen-bond acceptors (Lipinski definition) is 4. The van der Waals surface area contributed by atoms with Gasteiger partial charge in [0.1, 0.15) is 0 Å². The van der Waals surface area contributed by atoms with E-state index in [4.69, 9.17) is 10.2 Å². The fourth-order valence-corrected chi connectivity index (χ4v) is 0.739. The summed E-state index contributed by atoms with van der Waals surface area (Å²) in [5.41, 5.74) is 0. The van der Waals surface area contributed by atoms with Crippen molar-refractivity contribution in [1.82, 2.24) is 10.6 Å². The van der Waals surface area contributed by atoms with Crippen molar-refractivity contribution in [2.24, 2.45) is 0 Å². The van der Waals surface area contributed by atoms with Crippen LogP contribution in [-0.2, 0) is 14.4 Å². The molecule has 2 amide bonds. The molecular weight excluding hydrogens is 204 g/mol. The van der Waals surface area contributed by atoms with E-state index >= 15 is 0 Å². The first kappa shape index (κ1) is 13.4. The summed E-state index contributed by atoms with van der Waals surface area (Å²) in [5.74, 6) is -2.08. The SMILES string of the molecule is CC(=O)NCC(=O)NCC[C@H](O)C(=O)O. The molecule has 7 heteroatoms. The lowest BCUT2D eigenvalue weighted by molar-refractivity contribution is -0.147. The zero-order valence-corrected chi connectivity index (χ0v) is 8.32. The molecule has 0 aromatic carbocycles. The number of aliphatic hydroxyl groups is 1. The lowest BCUT2D eigenvalue weighted by Crippen LogP contribution is -2.37. The number of carboxylic acid groups (broad SMARTS) is 1. The lowest BCUT2D eigenvalue weighted by Gasteiger charge is -2.07. The minimum absolute atomic E-state index is 0.0475. The van der Waals surface area contributed by atoms with Crippen LogP contribution in [0.15, 0.2) is 0 Å². The maximum Gasteiger partial charge on any atom is 0.332 e. The van der Waals surface area contributed by atoms with Gasteiger partial charge in [-0.2, -0.15) is 0 Å². The number of rotatable bonds is 6. The second kappa shape index (κ2) is 6.77. The van der Waals surface area contributed by atoms with E-state index in [0.29, 0.717) is 0 Å². The molecule has 1 atom stereocenters. The number of hydrogen-bond donors (Lipinski definition) is 4. The van der Waals surface area contributed by atoms with E-state index in [0.717, 1.165) is 0 Å². The van der Waals surface area contributed by atoms with Gasteiger partial charge in [-0.05, 0) is 0 Å². The minimum Gasteiger partial charge on any atom is -0.479 e. The number of nitrogens with one attached hydrogen (secondary N) is 2. The van der Waals surface area contributed by atoms with Crippen molar-refractivity contribution in [2.75, 3.05) is 13.1 Å². The number of amides is 2. The summed E-state index contributed by atoms with van der Waals surface area (Å²) in [6.45, 7) is 1.17. The van der Waals surface area contributed by atoms with Crippen molar-refractivity contribution in [2.45, 2.75) is 19.4 Å². The maximum absolute atomic E-state index is 10.9. The molecule has 0 aromatic rings. The Balaban J connectivity index is 3.55. The molecular formula is C8H14N2O5. The van der Waals surface area contributed by atoms with E-state index < -0.39 is 18.0 Å². The molecule has 0 aromatic heterocycles. The van der Waals surface area contributed by atoms with Gasteiger partial charge in [0, 0.05) is 19.9 Å². The van der Waals surface area contributed by atoms with E-state index in [1.54, 1.807) is 0 Å². The third kappa shape index (κ3) is 7.44. The average Bonchev–Trinajstić information content (AvgIpc) is 2.14. The van der Waals surface area contributed by atoms with Gasteiger partial charge in [0.15, 0.2) is 6.10 Å². The van der Waals surface area contributed by atoms with E-state index in [2.05, 4.69) is 10.6 Å². The Bertz CT molecular complexity index is 253.